The molecule has 0 atom stereocenters. The van der Waals surface area contributed by atoms with Gasteiger partial charge in [-0.3, -0.25) is 0 Å². The van der Waals surface area contributed by atoms with Gasteiger partial charge in [0.25, 0.3) is 0 Å². The van der Waals surface area contributed by atoms with Crippen LogP contribution in [0.1, 0.15) is 12.6 Å². The smallest absolute Gasteiger partial charge is 0.179 e. The molecule has 4 nitrogen and oxygen atoms in total. The number of hydrogen-bond acceptors (Lipinski definition) is 4. The van der Waals surface area contributed by atoms with Gasteiger partial charge in [0.15, 0.2) is 21.3 Å². The van der Waals surface area contributed by atoms with Gasteiger partial charge in [-0.25, -0.2) is 17.8 Å². The first kappa shape index (κ1) is 10.6. The lowest BCUT2D eigenvalue weighted by atomic mass is 10.3. The Morgan fingerprint density at radius 1 is 1.64 bits per heavy atom. The summed E-state index contributed by atoms with van der Waals surface area (Å²) in [6.07, 6.45) is 0.987. The van der Waals surface area contributed by atoms with Crippen LogP contribution in [-0.4, -0.2) is 19.2 Å². The summed E-state index contributed by atoms with van der Waals surface area (Å²) in [6, 6.07) is 2.32. The van der Waals surface area contributed by atoms with Crippen molar-refractivity contribution in [2.75, 3.05) is 5.75 Å². The number of nitrogens with zero attached hydrogens (tertiary/aromatic N) is 2. The molecule has 0 bridgehead atoms. The largest absolute Gasteiger partial charge is 0.241 e. The minimum absolute atomic E-state index is 0.125. The van der Waals surface area contributed by atoms with E-state index in [0.29, 0.717) is 0 Å². The average Bonchev–Trinajstić information content (AvgIpc) is 2.17. The molecule has 1 aromatic heterocycles. The van der Waals surface area contributed by atoms with Crippen molar-refractivity contribution in [3.63, 3.8) is 0 Å². The van der Waals surface area contributed by atoms with Crippen LogP contribution in [0.15, 0.2) is 17.2 Å². The normalized spacial score (nSPS) is 10.9. The molecular weight excluding hydrogens is 207 g/mol. The SMILES string of the molecule is CCS(=O)(=O)c1cnc(C#N)c(F)c1. The Kier molecular flexibility index (Phi) is 2.81. The Balaban J connectivity index is 3.31. The van der Waals surface area contributed by atoms with Gasteiger partial charge in [0, 0.05) is 6.20 Å². The average molecular weight is 214 g/mol. The fraction of sp³-hybridized carbons (Fsp3) is 0.250. The fourth-order valence-electron chi connectivity index (χ4n) is 0.839. The van der Waals surface area contributed by atoms with E-state index >= 15 is 0 Å². The summed E-state index contributed by atoms with van der Waals surface area (Å²) in [4.78, 5) is 3.20. The van der Waals surface area contributed by atoms with Crippen LogP contribution in [-0.2, 0) is 9.84 Å². The molecule has 0 N–H and O–H groups in total. The highest BCUT2D eigenvalue weighted by Gasteiger charge is 2.14. The molecule has 6 heteroatoms. The van der Waals surface area contributed by atoms with Crippen LogP contribution in [0.2, 0.25) is 0 Å². The van der Waals surface area contributed by atoms with E-state index in [0.717, 1.165) is 12.3 Å². The lowest BCUT2D eigenvalue weighted by molar-refractivity contribution is 0.588. The van der Waals surface area contributed by atoms with E-state index in [1.165, 1.54) is 13.0 Å². The van der Waals surface area contributed by atoms with E-state index in [1.807, 2.05) is 0 Å². The van der Waals surface area contributed by atoms with Crippen LogP contribution in [0.3, 0.4) is 0 Å². The maximum absolute atomic E-state index is 13.0. The fourth-order valence-corrected chi connectivity index (χ4v) is 1.67. The van der Waals surface area contributed by atoms with Crippen molar-refractivity contribution < 1.29 is 12.8 Å². The van der Waals surface area contributed by atoms with E-state index in [9.17, 15) is 12.8 Å². The molecule has 0 amide bonds. The number of pyridine rings is 1. The van der Waals surface area contributed by atoms with E-state index in [4.69, 9.17) is 5.26 Å². The minimum atomic E-state index is -3.46. The molecule has 0 saturated carbocycles. The summed E-state index contributed by atoms with van der Waals surface area (Å²) in [5, 5.41) is 8.37. The summed E-state index contributed by atoms with van der Waals surface area (Å²) in [7, 11) is -3.46. The molecule has 0 unspecified atom stereocenters. The van der Waals surface area contributed by atoms with Crippen LogP contribution < -0.4 is 0 Å². The van der Waals surface area contributed by atoms with Gasteiger partial charge in [0.2, 0.25) is 0 Å². The molecule has 0 aromatic carbocycles. The number of aromatic nitrogens is 1. The summed E-state index contributed by atoms with van der Waals surface area (Å²) >= 11 is 0. The van der Waals surface area contributed by atoms with Crippen molar-refractivity contribution in [1.29, 1.82) is 5.26 Å². The molecular formula is C8H7FN2O2S. The predicted molar refractivity (Wildman–Crippen MR) is 46.6 cm³/mol. The lowest BCUT2D eigenvalue weighted by Gasteiger charge is -2.00. The molecule has 0 spiro atoms. The maximum Gasteiger partial charge on any atom is 0.179 e. The molecule has 0 saturated heterocycles. The van der Waals surface area contributed by atoms with E-state index in [2.05, 4.69) is 4.98 Å². The lowest BCUT2D eigenvalue weighted by Crippen LogP contribution is -2.05. The topological polar surface area (TPSA) is 70.8 Å². The van der Waals surface area contributed by atoms with E-state index in [-0.39, 0.29) is 10.6 Å². The van der Waals surface area contributed by atoms with E-state index in [1.54, 1.807) is 0 Å². The number of rotatable bonds is 2. The number of hydrogen-bond donors (Lipinski definition) is 0. The van der Waals surface area contributed by atoms with Crippen molar-refractivity contribution in [2.24, 2.45) is 0 Å². The molecule has 14 heavy (non-hydrogen) atoms. The van der Waals surface area contributed by atoms with Crippen molar-refractivity contribution in [1.82, 2.24) is 4.98 Å². The Bertz CT molecular complexity index is 491. The predicted octanol–water partition coefficient (Wildman–Crippen LogP) is 0.886. The summed E-state index contributed by atoms with van der Waals surface area (Å²) in [6.45, 7) is 1.45. The number of nitriles is 1. The molecule has 1 heterocycles. The van der Waals surface area contributed by atoms with Crippen LogP contribution in [0.5, 0.6) is 0 Å². The van der Waals surface area contributed by atoms with Crippen molar-refractivity contribution in [3.05, 3.63) is 23.8 Å². The maximum atomic E-state index is 13.0. The molecule has 0 aliphatic carbocycles. The second-order valence-electron chi connectivity index (χ2n) is 2.52. The highest BCUT2D eigenvalue weighted by molar-refractivity contribution is 7.91. The zero-order chi connectivity index (χ0) is 10.8. The molecule has 0 aliphatic heterocycles. The zero-order valence-corrected chi connectivity index (χ0v) is 8.18. The Labute approximate surface area is 80.9 Å². The molecule has 0 radical (unpaired) electrons. The minimum Gasteiger partial charge on any atom is -0.241 e. The quantitative estimate of drug-likeness (QED) is 0.732. The Hall–Kier alpha value is -1.48. The van der Waals surface area contributed by atoms with Gasteiger partial charge < -0.3 is 0 Å². The van der Waals surface area contributed by atoms with Crippen molar-refractivity contribution >= 4 is 9.84 Å². The van der Waals surface area contributed by atoms with Crippen LogP contribution in [0, 0.1) is 17.1 Å². The third-order valence-electron chi connectivity index (χ3n) is 1.66. The van der Waals surface area contributed by atoms with Crippen molar-refractivity contribution in [3.8, 4) is 6.07 Å². The third kappa shape index (κ3) is 1.88. The molecule has 0 fully saturated rings. The van der Waals surface area contributed by atoms with Gasteiger partial charge in [-0.15, -0.1) is 0 Å². The van der Waals surface area contributed by atoms with Crippen LogP contribution >= 0.6 is 0 Å². The van der Waals surface area contributed by atoms with Gasteiger partial charge in [-0.1, -0.05) is 6.92 Å². The molecule has 1 rings (SSSR count). The first-order valence-electron chi connectivity index (χ1n) is 3.79. The van der Waals surface area contributed by atoms with Crippen LogP contribution in [0.25, 0.3) is 0 Å². The third-order valence-corrected chi connectivity index (χ3v) is 3.36. The molecule has 0 aliphatic rings. The Morgan fingerprint density at radius 2 is 2.29 bits per heavy atom. The first-order valence-corrected chi connectivity index (χ1v) is 5.45. The van der Waals surface area contributed by atoms with Crippen molar-refractivity contribution in [2.45, 2.75) is 11.8 Å². The molecule has 1 aromatic rings. The zero-order valence-electron chi connectivity index (χ0n) is 7.36. The van der Waals surface area contributed by atoms with Gasteiger partial charge >= 0.3 is 0 Å². The van der Waals surface area contributed by atoms with Gasteiger partial charge in [0.1, 0.15) is 6.07 Å². The summed E-state index contributed by atoms with van der Waals surface area (Å²) in [5.74, 6) is -1.04. The summed E-state index contributed by atoms with van der Waals surface area (Å²) < 4.78 is 35.5. The van der Waals surface area contributed by atoms with Gasteiger partial charge in [0.05, 0.1) is 10.6 Å². The van der Waals surface area contributed by atoms with Gasteiger partial charge in [-0.05, 0) is 6.07 Å². The number of halogens is 1. The standard InChI is InChI=1S/C8H7FN2O2S/c1-2-14(12,13)6-3-7(9)8(4-10)11-5-6/h3,5H,2H2,1H3. The Morgan fingerprint density at radius 3 is 2.71 bits per heavy atom. The number of sulfone groups is 1. The van der Waals surface area contributed by atoms with Crippen LogP contribution in [0.4, 0.5) is 4.39 Å². The second kappa shape index (κ2) is 3.72. The first-order chi connectivity index (χ1) is 6.51. The monoisotopic (exact) mass is 214 g/mol. The molecule has 74 valence electrons. The van der Waals surface area contributed by atoms with E-state index < -0.39 is 21.3 Å². The second-order valence-corrected chi connectivity index (χ2v) is 4.79. The highest BCUT2D eigenvalue weighted by atomic mass is 32.2. The van der Waals surface area contributed by atoms with Gasteiger partial charge in [-0.2, -0.15) is 5.26 Å². The highest BCUT2D eigenvalue weighted by Crippen LogP contribution is 2.12. The summed E-state index contributed by atoms with van der Waals surface area (Å²) in [5.41, 5.74) is -0.403.